The molecule has 1 saturated carbocycles. The van der Waals surface area contributed by atoms with E-state index in [-0.39, 0.29) is 0 Å². The topological polar surface area (TPSA) is 0 Å². The SMILES string of the molecule is CCC(CC)CC1CC1C. The number of hydrogen-bond donors (Lipinski definition) is 0. The Morgan fingerprint density at radius 2 is 1.80 bits per heavy atom. The molecule has 0 aromatic carbocycles. The maximum Gasteiger partial charge on any atom is -0.0383 e. The van der Waals surface area contributed by atoms with Crippen molar-refractivity contribution < 1.29 is 0 Å². The molecule has 60 valence electrons. The number of rotatable bonds is 4. The smallest absolute Gasteiger partial charge is 0.0383 e. The van der Waals surface area contributed by atoms with Gasteiger partial charge in [0.1, 0.15) is 0 Å². The summed E-state index contributed by atoms with van der Waals surface area (Å²) in [7, 11) is 0. The molecule has 0 spiro atoms. The second-order valence-electron chi connectivity index (χ2n) is 3.89. The van der Waals surface area contributed by atoms with Crippen molar-refractivity contribution >= 4 is 0 Å². The molecule has 2 atom stereocenters. The van der Waals surface area contributed by atoms with Crippen molar-refractivity contribution in [2.24, 2.45) is 17.8 Å². The van der Waals surface area contributed by atoms with Gasteiger partial charge in [-0.25, -0.2) is 0 Å². The van der Waals surface area contributed by atoms with Gasteiger partial charge in [-0.3, -0.25) is 0 Å². The van der Waals surface area contributed by atoms with E-state index in [0.717, 1.165) is 17.8 Å². The van der Waals surface area contributed by atoms with E-state index in [1.807, 2.05) is 0 Å². The van der Waals surface area contributed by atoms with Crippen LogP contribution in [0.1, 0.15) is 46.5 Å². The van der Waals surface area contributed by atoms with E-state index in [2.05, 4.69) is 20.8 Å². The Labute approximate surface area is 65.0 Å². The van der Waals surface area contributed by atoms with Crippen LogP contribution in [0.3, 0.4) is 0 Å². The molecule has 1 fully saturated rings. The number of hydrogen-bond acceptors (Lipinski definition) is 0. The summed E-state index contributed by atoms with van der Waals surface area (Å²) in [6.07, 6.45) is 5.80. The molecule has 0 N–H and O–H groups in total. The lowest BCUT2D eigenvalue weighted by atomic mass is 9.96. The third-order valence-electron chi connectivity index (χ3n) is 3.07. The summed E-state index contributed by atoms with van der Waals surface area (Å²) in [5, 5.41) is 0. The highest BCUT2D eigenvalue weighted by Crippen LogP contribution is 2.43. The van der Waals surface area contributed by atoms with E-state index < -0.39 is 0 Å². The van der Waals surface area contributed by atoms with E-state index >= 15 is 0 Å². The molecular formula is C10H20. The van der Waals surface area contributed by atoms with Gasteiger partial charge in [-0.2, -0.15) is 0 Å². The Hall–Kier alpha value is 0. The van der Waals surface area contributed by atoms with Gasteiger partial charge in [-0.05, 0) is 30.6 Å². The van der Waals surface area contributed by atoms with Crippen LogP contribution >= 0.6 is 0 Å². The third kappa shape index (κ3) is 2.00. The van der Waals surface area contributed by atoms with E-state index in [1.165, 1.54) is 25.7 Å². The highest BCUT2D eigenvalue weighted by molar-refractivity contribution is 4.83. The summed E-state index contributed by atoms with van der Waals surface area (Å²) < 4.78 is 0. The molecule has 10 heavy (non-hydrogen) atoms. The van der Waals surface area contributed by atoms with Gasteiger partial charge < -0.3 is 0 Å². The molecule has 0 saturated heterocycles. The molecule has 0 bridgehead atoms. The highest BCUT2D eigenvalue weighted by Gasteiger charge is 2.33. The molecule has 0 radical (unpaired) electrons. The molecule has 0 nitrogen and oxygen atoms in total. The Balaban J connectivity index is 2.10. The minimum Gasteiger partial charge on any atom is -0.0651 e. The Kier molecular flexibility index (Phi) is 2.76. The van der Waals surface area contributed by atoms with Crippen LogP contribution < -0.4 is 0 Å². The first-order valence-corrected chi connectivity index (χ1v) is 4.77. The normalized spacial score (nSPS) is 31.2. The summed E-state index contributed by atoms with van der Waals surface area (Å²) in [6.45, 7) is 7.02. The third-order valence-corrected chi connectivity index (χ3v) is 3.07. The minimum atomic E-state index is 1.02. The van der Waals surface area contributed by atoms with Crippen LogP contribution in [0, 0.1) is 17.8 Å². The fourth-order valence-electron chi connectivity index (χ4n) is 1.78. The monoisotopic (exact) mass is 140 g/mol. The first-order chi connectivity index (χ1) is 4.77. The summed E-state index contributed by atoms with van der Waals surface area (Å²) >= 11 is 0. The summed E-state index contributed by atoms with van der Waals surface area (Å²) in [5.74, 6) is 3.18. The van der Waals surface area contributed by atoms with Gasteiger partial charge in [0, 0.05) is 0 Å². The molecule has 0 aromatic rings. The summed E-state index contributed by atoms with van der Waals surface area (Å²) in [6, 6.07) is 0. The standard InChI is InChI=1S/C10H20/c1-4-9(5-2)7-10-6-8(10)3/h8-10H,4-7H2,1-3H3. The van der Waals surface area contributed by atoms with E-state index in [1.54, 1.807) is 0 Å². The van der Waals surface area contributed by atoms with Crippen molar-refractivity contribution in [3.63, 3.8) is 0 Å². The van der Waals surface area contributed by atoms with Gasteiger partial charge >= 0.3 is 0 Å². The van der Waals surface area contributed by atoms with Gasteiger partial charge in [-0.1, -0.05) is 33.6 Å². The van der Waals surface area contributed by atoms with Gasteiger partial charge in [0.25, 0.3) is 0 Å². The first kappa shape index (κ1) is 8.10. The van der Waals surface area contributed by atoms with Crippen molar-refractivity contribution in [3.05, 3.63) is 0 Å². The largest absolute Gasteiger partial charge is 0.0651 e. The quantitative estimate of drug-likeness (QED) is 0.561. The fraction of sp³-hybridized carbons (Fsp3) is 1.00. The van der Waals surface area contributed by atoms with Crippen LogP contribution in [-0.2, 0) is 0 Å². The van der Waals surface area contributed by atoms with Crippen molar-refractivity contribution in [2.45, 2.75) is 46.5 Å². The van der Waals surface area contributed by atoms with Gasteiger partial charge in [0.2, 0.25) is 0 Å². The lowest BCUT2D eigenvalue weighted by Crippen LogP contribution is -1.98. The Morgan fingerprint density at radius 1 is 1.30 bits per heavy atom. The maximum atomic E-state index is 2.38. The molecule has 0 amide bonds. The van der Waals surface area contributed by atoms with Gasteiger partial charge in [0.05, 0.1) is 0 Å². The molecule has 1 rings (SSSR count). The molecule has 0 heteroatoms. The average Bonchev–Trinajstić information content (AvgIpc) is 2.62. The average molecular weight is 140 g/mol. The predicted molar refractivity (Wildman–Crippen MR) is 46.0 cm³/mol. The minimum absolute atomic E-state index is 1.02. The van der Waals surface area contributed by atoms with E-state index in [0.29, 0.717) is 0 Å². The molecule has 2 unspecified atom stereocenters. The molecule has 1 aliphatic rings. The lowest BCUT2D eigenvalue weighted by molar-refractivity contribution is 0.420. The first-order valence-electron chi connectivity index (χ1n) is 4.77. The molecule has 1 aliphatic carbocycles. The van der Waals surface area contributed by atoms with Gasteiger partial charge in [0.15, 0.2) is 0 Å². The van der Waals surface area contributed by atoms with Crippen LogP contribution in [-0.4, -0.2) is 0 Å². The van der Waals surface area contributed by atoms with Crippen LogP contribution in [0.4, 0.5) is 0 Å². The predicted octanol–water partition coefficient (Wildman–Crippen LogP) is 3.47. The summed E-state index contributed by atoms with van der Waals surface area (Å²) in [5.41, 5.74) is 0. The zero-order chi connectivity index (χ0) is 7.56. The van der Waals surface area contributed by atoms with E-state index in [9.17, 15) is 0 Å². The lowest BCUT2D eigenvalue weighted by Gasteiger charge is -2.10. The van der Waals surface area contributed by atoms with Crippen molar-refractivity contribution in [1.82, 2.24) is 0 Å². The highest BCUT2D eigenvalue weighted by atomic mass is 14.4. The van der Waals surface area contributed by atoms with E-state index in [4.69, 9.17) is 0 Å². The van der Waals surface area contributed by atoms with Crippen molar-refractivity contribution in [2.75, 3.05) is 0 Å². The molecular weight excluding hydrogens is 120 g/mol. The second kappa shape index (κ2) is 3.41. The molecule has 0 aromatic heterocycles. The summed E-state index contributed by atoms with van der Waals surface area (Å²) in [4.78, 5) is 0. The van der Waals surface area contributed by atoms with Crippen molar-refractivity contribution in [3.8, 4) is 0 Å². The van der Waals surface area contributed by atoms with Crippen LogP contribution in [0.25, 0.3) is 0 Å². The van der Waals surface area contributed by atoms with Crippen LogP contribution in [0.5, 0.6) is 0 Å². The zero-order valence-corrected chi connectivity index (χ0v) is 7.56. The van der Waals surface area contributed by atoms with Crippen molar-refractivity contribution in [1.29, 1.82) is 0 Å². The fourth-order valence-corrected chi connectivity index (χ4v) is 1.78. The molecule has 0 heterocycles. The second-order valence-corrected chi connectivity index (χ2v) is 3.89. The molecule has 0 aliphatic heterocycles. The van der Waals surface area contributed by atoms with Crippen LogP contribution in [0.2, 0.25) is 0 Å². The maximum absolute atomic E-state index is 2.38. The Bertz CT molecular complexity index is 92.2. The zero-order valence-electron chi connectivity index (χ0n) is 7.56. The van der Waals surface area contributed by atoms with Crippen LogP contribution in [0.15, 0.2) is 0 Å². The Morgan fingerprint density at radius 3 is 2.10 bits per heavy atom. The van der Waals surface area contributed by atoms with Gasteiger partial charge in [-0.15, -0.1) is 0 Å².